The van der Waals surface area contributed by atoms with E-state index in [1.807, 2.05) is 17.0 Å². The number of carbonyl (C=O) groups excluding carboxylic acids is 1. The molecule has 2 aliphatic rings. The smallest absolute Gasteiger partial charge is 0.270 e. The van der Waals surface area contributed by atoms with E-state index in [1.54, 1.807) is 35.3 Å². The highest BCUT2D eigenvalue weighted by molar-refractivity contribution is 7.89. The summed E-state index contributed by atoms with van der Waals surface area (Å²) in [6.07, 6.45) is 5.37. The lowest BCUT2D eigenvalue weighted by atomic mass is 10.1. The van der Waals surface area contributed by atoms with Gasteiger partial charge in [0.15, 0.2) is 0 Å². The lowest BCUT2D eigenvalue weighted by Crippen LogP contribution is -2.49. The van der Waals surface area contributed by atoms with Crippen LogP contribution in [0, 0.1) is 0 Å². The van der Waals surface area contributed by atoms with E-state index in [4.69, 9.17) is 4.74 Å². The number of carbonyl (C=O) groups is 1. The van der Waals surface area contributed by atoms with E-state index in [-0.39, 0.29) is 10.8 Å². The molecule has 4 rings (SSSR count). The molecular formula is C24H34N4O4S. The van der Waals surface area contributed by atoms with Crippen LogP contribution in [0.2, 0.25) is 0 Å². The van der Waals surface area contributed by atoms with Crippen molar-refractivity contribution in [1.82, 2.24) is 18.7 Å². The molecule has 9 heteroatoms. The van der Waals surface area contributed by atoms with Crippen molar-refractivity contribution in [2.75, 3.05) is 52.9 Å². The number of methoxy groups -OCH3 is 1. The Hall–Kier alpha value is -2.36. The van der Waals surface area contributed by atoms with Crippen LogP contribution in [0.3, 0.4) is 0 Å². The van der Waals surface area contributed by atoms with Crippen LogP contribution < -0.4 is 4.74 Å². The van der Waals surface area contributed by atoms with Gasteiger partial charge in [-0.05, 0) is 43.0 Å². The van der Waals surface area contributed by atoms with Gasteiger partial charge in [-0.15, -0.1) is 0 Å². The molecule has 0 atom stereocenters. The van der Waals surface area contributed by atoms with Gasteiger partial charge < -0.3 is 14.2 Å². The second kappa shape index (κ2) is 10.3. The molecule has 1 aromatic carbocycles. The molecule has 0 bridgehead atoms. The van der Waals surface area contributed by atoms with Crippen molar-refractivity contribution in [2.24, 2.45) is 7.05 Å². The van der Waals surface area contributed by atoms with Crippen LogP contribution in [0.25, 0.3) is 0 Å². The van der Waals surface area contributed by atoms with Gasteiger partial charge in [0.05, 0.1) is 7.11 Å². The number of nitrogens with zero attached hydrogens (tertiary/aromatic N) is 4. The summed E-state index contributed by atoms with van der Waals surface area (Å²) in [5.41, 5.74) is 1.69. The summed E-state index contributed by atoms with van der Waals surface area (Å²) >= 11 is 0. The van der Waals surface area contributed by atoms with Gasteiger partial charge in [-0.25, -0.2) is 8.42 Å². The van der Waals surface area contributed by atoms with E-state index in [1.165, 1.54) is 5.56 Å². The van der Waals surface area contributed by atoms with Crippen LogP contribution >= 0.6 is 0 Å². The molecule has 2 aromatic rings. The minimum absolute atomic E-state index is 0.104. The van der Waals surface area contributed by atoms with Gasteiger partial charge in [-0.1, -0.05) is 18.6 Å². The standard InChI is InChI=1S/C24H34N4O4S/c1-25-19-22(33(30,31)28-11-4-3-5-12-28)18-23(25)24(29)27-16-14-26(15-17-27)13-10-20-6-8-21(32-2)9-7-20/h6-9,18-19H,3-5,10-17H2,1-2H3. The number of aryl methyl sites for hydroxylation is 1. The Morgan fingerprint density at radius 3 is 2.27 bits per heavy atom. The Balaban J connectivity index is 1.33. The zero-order valence-corrected chi connectivity index (χ0v) is 20.4. The first-order valence-electron chi connectivity index (χ1n) is 11.7. The summed E-state index contributed by atoms with van der Waals surface area (Å²) in [6, 6.07) is 9.67. The molecule has 0 spiro atoms. The van der Waals surface area contributed by atoms with E-state index in [0.717, 1.165) is 51.1 Å². The number of ether oxygens (including phenoxy) is 1. The van der Waals surface area contributed by atoms with E-state index in [9.17, 15) is 13.2 Å². The minimum Gasteiger partial charge on any atom is -0.497 e. The Morgan fingerprint density at radius 1 is 0.970 bits per heavy atom. The number of hydrogen-bond donors (Lipinski definition) is 0. The molecule has 8 nitrogen and oxygen atoms in total. The molecule has 0 aliphatic carbocycles. The maximum Gasteiger partial charge on any atom is 0.270 e. The second-order valence-corrected chi connectivity index (χ2v) is 10.8. The van der Waals surface area contributed by atoms with Gasteiger partial charge in [0.2, 0.25) is 10.0 Å². The first-order chi connectivity index (χ1) is 15.9. The molecule has 0 saturated carbocycles. The van der Waals surface area contributed by atoms with Crippen LogP contribution in [0.4, 0.5) is 0 Å². The van der Waals surface area contributed by atoms with Gasteiger partial charge in [-0.3, -0.25) is 9.69 Å². The molecule has 180 valence electrons. The van der Waals surface area contributed by atoms with Crippen molar-refractivity contribution in [3.8, 4) is 5.75 Å². The Kier molecular flexibility index (Phi) is 7.41. The molecule has 33 heavy (non-hydrogen) atoms. The van der Waals surface area contributed by atoms with Crippen LogP contribution in [-0.4, -0.2) is 85.9 Å². The zero-order valence-electron chi connectivity index (χ0n) is 19.6. The fourth-order valence-corrected chi connectivity index (χ4v) is 6.15. The first-order valence-corrected chi connectivity index (χ1v) is 13.1. The van der Waals surface area contributed by atoms with E-state index in [0.29, 0.717) is 31.9 Å². The number of piperazine rings is 1. The highest BCUT2D eigenvalue weighted by Gasteiger charge is 2.30. The minimum atomic E-state index is -3.55. The van der Waals surface area contributed by atoms with Crippen molar-refractivity contribution < 1.29 is 17.9 Å². The third kappa shape index (κ3) is 5.42. The third-order valence-electron chi connectivity index (χ3n) is 6.69. The lowest BCUT2D eigenvalue weighted by molar-refractivity contribution is 0.0629. The number of hydrogen-bond acceptors (Lipinski definition) is 5. The number of amides is 1. The molecule has 1 aromatic heterocycles. The molecule has 0 unspecified atom stereocenters. The maximum absolute atomic E-state index is 13.1. The van der Waals surface area contributed by atoms with Gasteiger partial charge >= 0.3 is 0 Å². The normalized spacial score (nSPS) is 18.4. The van der Waals surface area contributed by atoms with Crippen molar-refractivity contribution in [3.05, 3.63) is 47.8 Å². The molecule has 1 amide bonds. The summed E-state index contributed by atoms with van der Waals surface area (Å²) in [5.74, 6) is 0.755. The molecule has 0 N–H and O–H groups in total. The molecule has 2 saturated heterocycles. The molecular weight excluding hydrogens is 440 g/mol. The average Bonchev–Trinajstić information content (AvgIpc) is 3.26. The second-order valence-electron chi connectivity index (χ2n) is 8.87. The summed E-state index contributed by atoms with van der Waals surface area (Å²) in [4.78, 5) is 17.6. The largest absolute Gasteiger partial charge is 0.497 e. The fraction of sp³-hybridized carbons (Fsp3) is 0.542. The van der Waals surface area contributed by atoms with Crippen molar-refractivity contribution in [2.45, 2.75) is 30.6 Å². The Morgan fingerprint density at radius 2 is 1.64 bits per heavy atom. The maximum atomic E-state index is 13.1. The summed E-state index contributed by atoms with van der Waals surface area (Å²) < 4.78 is 34.4. The summed E-state index contributed by atoms with van der Waals surface area (Å²) in [7, 11) is -0.139. The van der Waals surface area contributed by atoms with Crippen molar-refractivity contribution in [1.29, 1.82) is 0 Å². The third-order valence-corrected chi connectivity index (χ3v) is 8.55. The van der Waals surface area contributed by atoms with Gasteiger partial charge in [-0.2, -0.15) is 4.31 Å². The number of rotatable bonds is 7. The number of piperidine rings is 1. The van der Waals surface area contributed by atoms with Gasteiger partial charge in [0.25, 0.3) is 5.91 Å². The monoisotopic (exact) mass is 474 g/mol. The number of aromatic nitrogens is 1. The van der Waals surface area contributed by atoms with Crippen molar-refractivity contribution in [3.63, 3.8) is 0 Å². The van der Waals surface area contributed by atoms with E-state index in [2.05, 4.69) is 17.0 Å². The number of benzene rings is 1. The highest BCUT2D eigenvalue weighted by atomic mass is 32.2. The van der Waals surface area contributed by atoms with Gasteiger partial charge in [0.1, 0.15) is 16.3 Å². The predicted octanol–water partition coefficient (Wildman–Crippen LogP) is 2.21. The molecule has 3 heterocycles. The highest BCUT2D eigenvalue weighted by Crippen LogP contribution is 2.23. The summed E-state index contributed by atoms with van der Waals surface area (Å²) in [6.45, 7) is 4.95. The first kappa shape index (κ1) is 23.8. The SMILES string of the molecule is COc1ccc(CCN2CCN(C(=O)c3cc(S(=O)(=O)N4CCCCC4)cn3C)CC2)cc1. The number of sulfonamides is 1. The average molecular weight is 475 g/mol. The zero-order chi connectivity index (χ0) is 23.4. The van der Waals surface area contributed by atoms with Crippen LogP contribution in [0.15, 0.2) is 41.4 Å². The van der Waals surface area contributed by atoms with E-state index >= 15 is 0 Å². The quantitative estimate of drug-likeness (QED) is 0.615. The topological polar surface area (TPSA) is 75.1 Å². The molecule has 2 fully saturated rings. The Bertz CT molecular complexity index is 1050. The fourth-order valence-electron chi connectivity index (χ4n) is 4.56. The van der Waals surface area contributed by atoms with Crippen LogP contribution in [0.5, 0.6) is 5.75 Å². The van der Waals surface area contributed by atoms with Crippen molar-refractivity contribution >= 4 is 15.9 Å². The molecule has 2 aliphatic heterocycles. The van der Waals surface area contributed by atoms with Crippen LogP contribution in [0.1, 0.15) is 35.3 Å². The van der Waals surface area contributed by atoms with E-state index < -0.39 is 10.0 Å². The molecule has 0 radical (unpaired) electrons. The predicted molar refractivity (Wildman–Crippen MR) is 127 cm³/mol. The van der Waals surface area contributed by atoms with Gasteiger partial charge in [0, 0.05) is 59.1 Å². The van der Waals surface area contributed by atoms with Crippen LogP contribution in [-0.2, 0) is 23.5 Å². The Labute approximate surface area is 196 Å². The summed E-state index contributed by atoms with van der Waals surface area (Å²) in [5, 5.41) is 0. The lowest BCUT2D eigenvalue weighted by Gasteiger charge is -2.34.